The van der Waals surface area contributed by atoms with Gasteiger partial charge in [-0.15, -0.1) is 0 Å². The van der Waals surface area contributed by atoms with E-state index >= 15 is 0 Å². The molecule has 3 amide bonds. The summed E-state index contributed by atoms with van der Waals surface area (Å²) in [7, 11) is 0. The fourth-order valence-electron chi connectivity index (χ4n) is 2.45. The van der Waals surface area contributed by atoms with Crippen LogP contribution in [0.25, 0.3) is 0 Å². The molecule has 7 N–H and O–H groups in total. The monoisotopic (exact) mass is 402 g/mol. The van der Waals surface area contributed by atoms with Gasteiger partial charge in [-0.2, -0.15) is 0 Å². The Labute approximate surface area is 165 Å². The molecule has 5 unspecified atom stereocenters. The van der Waals surface area contributed by atoms with E-state index < -0.39 is 54.0 Å². The van der Waals surface area contributed by atoms with Crippen molar-refractivity contribution in [3.63, 3.8) is 0 Å². The van der Waals surface area contributed by atoms with E-state index in [-0.39, 0.29) is 11.8 Å². The molecule has 0 aromatic rings. The lowest BCUT2D eigenvalue weighted by molar-refractivity contribution is -0.145. The first-order valence-electron chi connectivity index (χ1n) is 9.35. The largest absolute Gasteiger partial charge is 0.480 e. The van der Waals surface area contributed by atoms with Crippen molar-refractivity contribution < 1.29 is 29.4 Å². The lowest BCUT2D eigenvalue weighted by Gasteiger charge is -2.26. The van der Waals surface area contributed by atoms with Gasteiger partial charge in [0, 0.05) is 0 Å². The molecule has 5 atom stereocenters. The number of carboxylic acids is 1. The molecule has 10 heteroatoms. The molecule has 0 fully saturated rings. The van der Waals surface area contributed by atoms with Crippen LogP contribution < -0.4 is 21.7 Å². The Hall–Kier alpha value is -2.20. The predicted molar refractivity (Wildman–Crippen MR) is 103 cm³/mol. The van der Waals surface area contributed by atoms with E-state index in [2.05, 4.69) is 16.0 Å². The molecular weight excluding hydrogens is 368 g/mol. The van der Waals surface area contributed by atoms with Gasteiger partial charge in [0.25, 0.3) is 0 Å². The summed E-state index contributed by atoms with van der Waals surface area (Å²) >= 11 is 0. The Bertz CT molecular complexity index is 564. The number of nitrogens with one attached hydrogen (secondary N) is 3. The van der Waals surface area contributed by atoms with E-state index in [9.17, 15) is 24.3 Å². The van der Waals surface area contributed by atoms with E-state index in [0.29, 0.717) is 6.42 Å². The summed E-state index contributed by atoms with van der Waals surface area (Å²) in [5.74, 6) is -3.27. The summed E-state index contributed by atoms with van der Waals surface area (Å²) < 4.78 is 0. The van der Waals surface area contributed by atoms with Gasteiger partial charge in [-0.05, 0) is 32.1 Å². The molecule has 162 valence electrons. The lowest BCUT2D eigenvalue weighted by atomic mass is 10.00. The molecule has 0 aromatic carbocycles. The Kier molecular flexibility index (Phi) is 10.7. The molecule has 0 rings (SSSR count). The molecule has 0 saturated heterocycles. The zero-order chi connectivity index (χ0) is 22.2. The first-order valence-corrected chi connectivity index (χ1v) is 9.35. The van der Waals surface area contributed by atoms with Crippen LogP contribution in [0.2, 0.25) is 0 Å². The molecule has 0 spiro atoms. The molecule has 10 nitrogen and oxygen atoms in total. The molecule has 0 aliphatic carbocycles. The van der Waals surface area contributed by atoms with Crippen LogP contribution in [-0.4, -0.2) is 64.2 Å². The van der Waals surface area contributed by atoms with E-state index in [1.165, 1.54) is 13.8 Å². The summed E-state index contributed by atoms with van der Waals surface area (Å²) in [5.41, 5.74) is 5.84. The smallest absolute Gasteiger partial charge is 0.328 e. The zero-order valence-electron chi connectivity index (χ0n) is 17.4. The summed E-state index contributed by atoms with van der Waals surface area (Å²) in [6.07, 6.45) is -0.845. The van der Waals surface area contributed by atoms with Crippen LogP contribution >= 0.6 is 0 Å². The minimum Gasteiger partial charge on any atom is -0.480 e. The van der Waals surface area contributed by atoms with Crippen molar-refractivity contribution in [3.05, 3.63) is 0 Å². The number of aliphatic hydroxyl groups is 1. The number of hydrogen-bond donors (Lipinski definition) is 6. The van der Waals surface area contributed by atoms with Crippen LogP contribution in [-0.2, 0) is 19.2 Å². The second-order valence-electron chi connectivity index (χ2n) is 7.76. The average Bonchev–Trinajstić information content (AvgIpc) is 2.54. The van der Waals surface area contributed by atoms with Crippen LogP contribution in [0, 0.1) is 11.8 Å². The third-order valence-corrected chi connectivity index (χ3v) is 4.11. The summed E-state index contributed by atoms with van der Waals surface area (Å²) in [6, 6.07) is -4.23. The molecule has 0 aromatic heterocycles. The molecule has 0 aliphatic heterocycles. The number of amides is 3. The van der Waals surface area contributed by atoms with Gasteiger partial charge in [-0.1, -0.05) is 27.7 Å². The second-order valence-corrected chi connectivity index (χ2v) is 7.76. The van der Waals surface area contributed by atoms with E-state index in [0.717, 1.165) is 0 Å². The van der Waals surface area contributed by atoms with Gasteiger partial charge in [-0.25, -0.2) is 4.79 Å². The number of carbonyl (C=O) groups excluding carboxylic acids is 3. The number of nitrogens with two attached hydrogens (primary N) is 1. The van der Waals surface area contributed by atoms with Gasteiger partial charge < -0.3 is 31.9 Å². The highest BCUT2D eigenvalue weighted by atomic mass is 16.4. The molecule has 0 bridgehead atoms. The van der Waals surface area contributed by atoms with Crippen LogP contribution in [0.4, 0.5) is 0 Å². The minimum atomic E-state index is -1.50. The lowest BCUT2D eigenvalue weighted by Crippen LogP contribution is -2.58. The van der Waals surface area contributed by atoms with Crippen LogP contribution in [0.3, 0.4) is 0 Å². The summed E-state index contributed by atoms with van der Waals surface area (Å²) in [6.45, 7) is 9.93. The Morgan fingerprint density at radius 1 is 0.821 bits per heavy atom. The van der Waals surface area contributed by atoms with E-state index in [4.69, 9.17) is 10.8 Å². The van der Waals surface area contributed by atoms with E-state index in [1.54, 1.807) is 13.8 Å². The number of rotatable bonds is 11. The highest BCUT2D eigenvalue weighted by molar-refractivity contribution is 5.94. The Morgan fingerprint density at radius 2 is 1.32 bits per heavy atom. The van der Waals surface area contributed by atoms with Gasteiger partial charge >= 0.3 is 5.97 Å². The van der Waals surface area contributed by atoms with Crippen LogP contribution in [0.15, 0.2) is 0 Å². The Balaban J connectivity index is 4.98. The first-order chi connectivity index (χ1) is 12.8. The van der Waals surface area contributed by atoms with Gasteiger partial charge in [0.15, 0.2) is 6.04 Å². The summed E-state index contributed by atoms with van der Waals surface area (Å²) in [5, 5.41) is 25.6. The van der Waals surface area contributed by atoms with Gasteiger partial charge in [0.05, 0.1) is 12.1 Å². The van der Waals surface area contributed by atoms with Gasteiger partial charge in [-0.3, -0.25) is 14.4 Å². The van der Waals surface area contributed by atoms with Crippen molar-refractivity contribution in [2.45, 2.75) is 78.2 Å². The average molecular weight is 402 g/mol. The molecule has 0 aliphatic rings. The molecule has 0 saturated carbocycles. The highest BCUT2D eigenvalue weighted by Crippen LogP contribution is 2.06. The van der Waals surface area contributed by atoms with E-state index in [1.807, 2.05) is 13.8 Å². The minimum absolute atomic E-state index is 0.215. The first kappa shape index (κ1) is 25.8. The fraction of sp³-hybridized carbons (Fsp3) is 0.778. The molecular formula is C18H34N4O6. The van der Waals surface area contributed by atoms with Crippen molar-refractivity contribution in [3.8, 4) is 0 Å². The summed E-state index contributed by atoms with van der Waals surface area (Å²) in [4.78, 5) is 47.9. The topological polar surface area (TPSA) is 171 Å². The second kappa shape index (κ2) is 11.6. The zero-order valence-corrected chi connectivity index (χ0v) is 17.4. The van der Waals surface area contributed by atoms with Crippen molar-refractivity contribution in [2.24, 2.45) is 17.6 Å². The van der Waals surface area contributed by atoms with Crippen molar-refractivity contribution in [1.82, 2.24) is 16.0 Å². The molecule has 28 heavy (non-hydrogen) atoms. The number of carbonyl (C=O) groups is 4. The maximum Gasteiger partial charge on any atom is 0.328 e. The SMILES string of the molecule is CC(C)CC(N)C(=O)NC(C(=O)NC(C)C(=O)NC(C(=O)O)C(C)O)C(C)C. The van der Waals surface area contributed by atoms with Crippen molar-refractivity contribution >= 4 is 23.7 Å². The normalized spacial score (nSPS) is 16.6. The number of aliphatic carboxylic acids is 1. The van der Waals surface area contributed by atoms with Crippen molar-refractivity contribution in [1.29, 1.82) is 0 Å². The maximum atomic E-state index is 12.5. The van der Waals surface area contributed by atoms with Crippen molar-refractivity contribution in [2.75, 3.05) is 0 Å². The number of aliphatic hydroxyl groups excluding tert-OH is 1. The highest BCUT2D eigenvalue weighted by Gasteiger charge is 2.31. The Morgan fingerprint density at radius 3 is 1.71 bits per heavy atom. The van der Waals surface area contributed by atoms with Gasteiger partial charge in [0.2, 0.25) is 17.7 Å². The number of hydrogen-bond acceptors (Lipinski definition) is 6. The van der Waals surface area contributed by atoms with Crippen LogP contribution in [0.5, 0.6) is 0 Å². The number of carboxylic acid groups (broad SMARTS) is 1. The standard InChI is InChI=1S/C18H34N4O6/c1-8(2)7-12(19)16(25)21-13(9(3)4)17(26)20-10(5)15(24)22-14(11(6)23)18(27)28/h8-14,23H,7,19H2,1-6H3,(H,20,26)(H,21,25)(H,22,24)(H,27,28). The molecule has 0 radical (unpaired) electrons. The van der Waals surface area contributed by atoms with Crippen LogP contribution in [0.1, 0.15) is 48.0 Å². The third kappa shape index (κ3) is 8.66. The third-order valence-electron chi connectivity index (χ3n) is 4.11. The maximum absolute atomic E-state index is 12.5. The molecule has 0 heterocycles. The quantitative estimate of drug-likeness (QED) is 0.256. The predicted octanol–water partition coefficient (Wildman–Crippen LogP) is -1.04. The fourth-order valence-corrected chi connectivity index (χ4v) is 2.45. The van der Waals surface area contributed by atoms with Gasteiger partial charge in [0.1, 0.15) is 12.1 Å².